The Morgan fingerprint density at radius 3 is 2.73 bits per heavy atom. The molecule has 0 bridgehead atoms. The summed E-state index contributed by atoms with van der Waals surface area (Å²) in [7, 11) is 0. The second-order valence-electron chi connectivity index (χ2n) is 11.3. The van der Waals surface area contributed by atoms with Gasteiger partial charge in [-0.3, -0.25) is 9.59 Å². The first-order valence-electron chi connectivity index (χ1n) is 14.0. The average Bonchev–Trinajstić information content (AvgIpc) is 3.40. The van der Waals surface area contributed by atoms with Gasteiger partial charge in [0, 0.05) is 22.3 Å². The van der Waals surface area contributed by atoms with E-state index in [4.69, 9.17) is 8.85 Å². The van der Waals surface area contributed by atoms with Crippen LogP contribution in [0.4, 0.5) is 0 Å². The van der Waals surface area contributed by atoms with Gasteiger partial charge in [-0.1, -0.05) is 45.1 Å². The van der Waals surface area contributed by atoms with Gasteiger partial charge >= 0.3 is 5.97 Å². The van der Waals surface area contributed by atoms with Crippen LogP contribution in [-0.4, -0.2) is 17.9 Å². The van der Waals surface area contributed by atoms with Gasteiger partial charge in [-0.15, -0.1) is 0 Å². The topological polar surface area (TPSA) is 43.4 Å². The maximum Gasteiger partial charge on any atom is 0.306 e. The second-order valence-corrected chi connectivity index (χ2v) is 11.3. The summed E-state index contributed by atoms with van der Waals surface area (Å²) in [6.07, 6.45) is 10.6. The molecule has 0 aliphatic heterocycles. The van der Waals surface area contributed by atoms with Crippen LogP contribution in [-0.2, 0) is 14.3 Å². The third-order valence-electron chi connectivity index (χ3n) is 9.88. The van der Waals surface area contributed by atoms with Crippen molar-refractivity contribution >= 4 is 11.8 Å². The Morgan fingerprint density at radius 1 is 1.13 bits per heavy atom. The van der Waals surface area contributed by atoms with E-state index in [0.29, 0.717) is 24.2 Å². The smallest absolute Gasteiger partial charge is 0.306 e. The van der Waals surface area contributed by atoms with E-state index >= 15 is 0 Å². The molecule has 5 rings (SSSR count). The Bertz CT molecular complexity index is 848. The highest BCUT2D eigenvalue weighted by Gasteiger charge is 2.59. The lowest BCUT2D eigenvalue weighted by molar-refractivity contribution is -0.160. The van der Waals surface area contributed by atoms with Gasteiger partial charge in [0.2, 0.25) is 0 Å². The summed E-state index contributed by atoms with van der Waals surface area (Å²) in [6.45, 7) is 4.36. The standard InChI is InChI=1S/C27H40O3/c1-26-15-13-20(28)17-19(26)8-9-21-22-10-11-24(27(22,2)16-14-23(21)26)30-25(29)12-7-18-5-3-4-6-18/h17-18,21-24H,3-16H2,1-2H3/t21-,22-,23-,24-,26-,27-/m0/s1/i13D2,15D/t15?,21-,22-,23-,24-,26-,27-. The maximum absolute atomic E-state index is 12.7. The fourth-order valence-corrected chi connectivity index (χ4v) is 8.10. The highest BCUT2D eigenvalue weighted by molar-refractivity contribution is 5.91. The molecule has 7 atom stereocenters. The first-order valence-corrected chi connectivity index (χ1v) is 12.5. The zero-order chi connectivity index (χ0) is 23.6. The van der Waals surface area contributed by atoms with E-state index in [1.165, 1.54) is 25.7 Å². The largest absolute Gasteiger partial charge is 0.462 e. The number of esters is 1. The van der Waals surface area contributed by atoms with Crippen LogP contribution in [0.3, 0.4) is 0 Å². The Kier molecular flexibility index (Phi) is 4.52. The van der Waals surface area contributed by atoms with Crippen LogP contribution in [0.2, 0.25) is 0 Å². The molecule has 0 N–H and O–H groups in total. The van der Waals surface area contributed by atoms with E-state index in [1.807, 2.05) is 0 Å². The number of rotatable bonds is 4. The summed E-state index contributed by atoms with van der Waals surface area (Å²) < 4.78 is 31.6. The zero-order valence-electron chi connectivity index (χ0n) is 21.8. The van der Waals surface area contributed by atoms with Crippen molar-refractivity contribution in [3.63, 3.8) is 0 Å². The van der Waals surface area contributed by atoms with Crippen LogP contribution in [0.15, 0.2) is 11.6 Å². The van der Waals surface area contributed by atoms with Gasteiger partial charge in [0.05, 0.1) is 0 Å². The number of hydrogen-bond donors (Lipinski definition) is 0. The van der Waals surface area contributed by atoms with Crippen molar-refractivity contribution in [2.24, 2.45) is 34.5 Å². The summed E-state index contributed by atoms with van der Waals surface area (Å²) in [5.41, 5.74) is 0.390. The summed E-state index contributed by atoms with van der Waals surface area (Å²) >= 11 is 0. The fourth-order valence-electron chi connectivity index (χ4n) is 8.10. The summed E-state index contributed by atoms with van der Waals surface area (Å²) in [6, 6.07) is 0. The second kappa shape index (κ2) is 7.78. The van der Waals surface area contributed by atoms with Crippen molar-refractivity contribution in [1.29, 1.82) is 0 Å². The molecule has 0 aromatic rings. The molecule has 4 saturated carbocycles. The number of hydrogen-bond acceptors (Lipinski definition) is 3. The molecular weight excluding hydrogens is 372 g/mol. The molecule has 5 aliphatic carbocycles. The molecule has 0 heterocycles. The molecule has 0 spiro atoms. The predicted octanol–water partition coefficient (Wildman–Crippen LogP) is 6.40. The van der Waals surface area contributed by atoms with Crippen molar-refractivity contribution < 1.29 is 18.4 Å². The highest BCUT2D eigenvalue weighted by Crippen LogP contribution is 2.65. The molecule has 5 aliphatic rings. The quantitative estimate of drug-likeness (QED) is 0.499. The number of carbonyl (C=O) groups excluding carboxylic acids is 2. The van der Waals surface area contributed by atoms with Crippen molar-refractivity contribution in [2.75, 3.05) is 0 Å². The fraction of sp³-hybridized carbons (Fsp3) is 0.852. The molecule has 3 nitrogen and oxygen atoms in total. The van der Waals surface area contributed by atoms with Gasteiger partial charge in [-0.2, -0.15) is 0 Å². The lowest BCUT2D eigenvalue weighted by Gasteiger charge is -2.57. The minimum absolute atomic E-state index is 0.0181. The van der Waals surface area contributed by atoms with E-state index in [2.05, 4.69) is 13.8 Å². The first kappa shape index (κ1) is 17.4. The lowest BCUT2D eigenvalue weighted by atomic mass is 9.47. The number of fused-ring (bicyclic) bond motifs is 5. The van der Waals surface area contributed by atoms with Crippen molar-refractivity contribution in [3.8, 4) is 0 Å². The first-order chi connectivity index (χ1) is 15.6. The Hall–Kier alpha value is -1.12. The minimum Gasteiger partial charge on any atom is -0.462 e. The third-order valence-corrected chi connectivity index (χ3v) is 9.88. The molecule has 0 aromatic heterocycles. The van der Waals surface area contributed by atoms with Crippen molar-refractivity contribution in [2.45, 2.75) is 110 Å². The Labute approximate surface area is 186 Å². The highest BCUT2D eigenvalue weighted by atomic mass is 16.5. The molecule has 166 valence electrons. The Balaban J connectivity index is 1.31. The predicted molar refractivity (Wildman–Crippen MR) is 118 cm³/mol. The summed E-state index contributed by atoms with van der Waals surface area (Å²) in [4.78, 5) is 25.1. The number of carbonyl (C=O) groups is 2. The molecule has 4 fully saturated rings. The molecule has 0 amide bonds. The van der Waals surface area contributed by atoms with Crippen LogP contribution in [0.1, 0.15) is 108 Å². The van der Waals surface area contributed by atoms with E-state index in [1.54, 1.807) is 6.08 Å². The monoisotopic (exact) mass is 415 g/mol. The van der Waals surface area contributed by atoms with Crippen LogP contribution in [0.5, 0.6) is 0 Å². The number of allylic oxidation sites excluding steroid dienone is 1. The lowest BCUT2D eigenvalue weighted by Crippen LogP contribution is -2.51. The zero-order valence-corrected chi connectivity index (χ0v) is 18.8. The molecule has 0 aromatic carbocycles. The van der Waals surface area contributed by atoms with Crippen LogP contribution in [0.25, 0.3) is 0 Å². The third kappa shape index (κ3) is 3.39. The molecule has 0 saturated heterocycles. The van der Waals surface area contributed by atoms with E-state index in [0.717, 1.165) is 50.5 Å². The van der Waals surface area contributed by atoms with Crippen LogP contribution in [0, 0.1) is 34.5 Å². The normalized spacial score (nSPS) is 49.1. The van der Waals surface area contributed by atoms with E-state index in [-0.39, 0.29) is 23.4 Å². The average molecular weight is 416 g/mol. The van der Waals surface area contributed by atoms with E-state index in [9.17, 15) is 9.59 Å². The molecule has 3 heteroatoms. The van der Waals surface area contributed by atoms with E-state index < -0.39 is 24.0 Å². The molecular formula is C27H40O3. The van der Waals surface area contributed by atoms with Gasteiger partial charge in [0.1, 0.15) is 6.10 Å². The molecule has 0 radical (unpaired) electrons. The van der Waals surface area contributed by atoms with Crippen LogP contribution >= 0.6 is 0 Å². The molecule has 1 unspecified atom stereocenters. The van der Waals surface area contributed by atoms with Gasteiger partial charge in [-0.25, -0.2) is 0 Å². The number of ketones is 1. The minimum atomic E-state index is -2.12. The Morgan fingerprint density at radius 2 is 1.93 bits per heavy atom. The van der Waals surface area contributed by atoms with Gasteiger partial charge in [0.15, 0.2) is 5.78 Å². The van der Waals surface area contributed by atoms with Gasteiger partial charge < -0.3 is 4.74 Å². The van der Waals surface area contributed by atoms with Crippen molar-refractivity contribution in [3.05, 3.63) is 11.6 Å². The van der Waals surface area contributed by atoms with Gasteiger partial charge in [-0.05, 0) is 86.5 Å². The van der Waals surface area contributed by atoms with Crippen molar-refractivity contribution in [1.82, 2.24) is 0 Å². The summed E-state index contributed by atoms with van der Waals surface area (Å²) in [5, 5.41) is 0. The SMILES string of the molecule is [2H]C1C([2H])([2H])C(=O)C=C2CC[C@H]3[C@@H]4CC[C@H](OC(=O)CCC5CCCC5)[C@@]4(C)CC[C@@H]3[C@]21C. The summed E-state index contributed by atoms with van der Waals surface area (Å²) in [5.74, 6) is 1.22. The maximum atomic E-state index is 12.7. The van der Waals surface area contributed by atoms with Crippen LogP contribution < -0.4 is 0 Å². The number of ether oxygens (including phenoxy) is 1. The molecule has 30 heavy (non-hydrogen) atoms. The van der Waals surface area contributed by atoms with Gasteiger partial charge in [0.25, 0.3) is 0 Å².